The predicted octanol–water partition coefficient (Wildman–Crippen LogP) is 2.63. The number of hydrogen-bond donors (Lipinski definition) is 1. The van der Waals surface area contributed by atoms with Crippen LogP contribution in [0.4, 0.5) is 5.82 Å². The van der Waals surface area contributed by atoms with Crippen LogP contribution in [0.15, 0.2) is 24.3 Å². The van der Waals surface area contributed by atoms with Gasteiger partial charge in [0.25, 0.3) is 0 Å². The van der Waals surface area contributed by atoms with Crippen LogP contribution in [0.25, 0.3) is 11.0 Å². The summed E-state index contributed by atoms with van der Waals surface area (Å²) in [5.74, 6) is 0.755. The van der Waals surface area contributed by atoms with Crippen LogP contribution in [-0.4, -0.2) is 29.1 Å². The Labute approximate surface area is 123 Å². The third kappa shape index (κ3) is 2.91. The number of para-hydroxylation sites is 2. The van der Waals surface area contributed by atoms with Gasteiger partial charge in [-0.15, -0.1) is 12.4 Å². The van der Waals surface area contributed by atoms with Crippen LogP contribution in [0.1, 0.15) is 12.8 Å². The van der Waals surface area contributed by atoms with Crippen molar-refractivity contribution < 1.29 is 0 Å². The lowest BCUT2D eigenvalue weighted by atomic mass is 10.1. The molecule has 0 aliphatic carbocycles. The lowest BCUT2D eigenvalue weighted by Crippen LogP contribution is -2.43. The molecule has 2 heterocycles. The highest BCUT2D eigenvalue weighted by atomic mass is 35.5. The molecule has 6 heteroatoms. The van der Waals surface area contributed by atoms with E-state index < -0.39 is 0 Å². The fourth-order valence-corrected chi connectivity index (χ4v) is 2.63. The molecule has 2 N–H and O–H groups in total. The van der Waals surface area contributed by atoms with Gasteiger partial charge >= 0.3 is 0 Å². The molecule has 102 valence electrons. The number of anilines is 1. The van der Waals surface area contributed by atoms with Crippen molar-refractivity contribution in [3.05, 3.63) is 29.4 Å². The molecule has 1 aromatic heterocycles. The summed E-state index contributed by atoms with van der Waals surface area (Å²) >= 11 is 6.23. The van der Waals surface area contributed by atoms with Crippen LogP contribution in [0.3, 0.4) is 0 Å². The van der Waals surface area contributed by atoms with Crippen molar-refractivity contribution in [3.63, 3.8) is 0 Å². The van der Waals surface area contributed by atoms with E-state index in [0.717, 1.165) is 42.8 Å². The van der Waals surface area contributed by atoms with Crippen LogP contribution in [0.5, 0.6) is 0 Å². The summed E-state index contributed by atoms with van der Waals surface area (Å²) in [6, 6.07) is 7.95. The third-order valence-corrected chi connectivity index (χ3v) is 3.52. The topological polar surface area (TPSA) is 55.0 Å². The number of halogens is 2. The quantitative estimate of drug-likeness (QED) is 0.879. The number of rotatable bonds is 1. The van der Waals surface area contributed by atoms with E-state index in [1.807, 2.05) is 24.3 Å². The molecule has 0 spiro atoms. The van der Waals surface area contributed by atoms with Crippen LogP contribution < -0.4 is 10.6 Å². The summed E-state index contributed by atoms with van der Waals surface area (Å²) in [6.07, 6.45) is 2.14. The first-order valence-corrected chi connectivity index (χ1v) is 6.54. The Morgan fingerprint density at radius 3 is 2.58 bits per heavy atom. The van der Waals surface area contributed by atoms with Gasteiger partial charge in [-0.25, -0.2) is 9.97 Å². The number of benzene rings is 1. The molecule has 1 aliphatic heterocycles. The lowest BCUT2D eigenvalue weighted by molar-refractivity contribution is 0.503. The van der Waals surface area contributed by atoms with Gasteiger partial charge in [0, 0.05) is 19.1 Å². The number of piperidine rings is 1. The number of nitrogens with zero attached hydrogens (tertiary/aromatic N) is 3. The van der Waals surface area contributed by atoms with Gasteiger partial charge < -0.3 is 10.6 Å². The van der Waals surface area contributed by atoms with E-state index in [1.165, 1.54) is 0 Å². The van der Waals surface area contributed by atoms with E-state index in [2.05, 4.69) is 14.9 Å². The zero-order valence-electron chi connectivity index (χ0n) is 10.4. The van der Waals surface area contributed by atoms with Gasteiger partial charge in [-0.3, -0.25) is 0 Å². The molecule has 4 nitrogen and oxygen atoms in total. The predicted molar refractivity (Wildman–Crippen MR) is 81.2 cm³/mol. The second kappa shape index (κ2) is 5.90. The van der Waals surface area contributed by atoms with Gasteiger partial charge in [-0.1, -0.05) is 23.7 Å². The monoisotopic (exact) mass is 298 g/mol. The van der Waals surface area contributed by atoms with E-state index in [0.29, 0.717) is 5.15 Å². The minimum atomic E-state index is 0. The smallest absolute Gasteiger partial charge is 0.172 e. The summed E-state index contributed by atoms with van der Waals surface area (Å²) in [4.78, 5) is 11.1. The first-order valence-electron chi connectivity index (χ1n) is 6.17. The van der Waals surface area contributed by atoms with Crippen LogP contribution >= 0.6 is 24.0 Å². The van der Waals surface area contributed by atoms with Crippen LogP contribution in [-0.2, 0) is 0 Å². The Hall–Kier alpha value is -1.10. The molecule has 1 aliphatic rings. The summed E-state index contributed by atoms with van der Waals surface area (Å²) in [5.41, 5.74) is 7.69. The van der Waals surface area contributed by atoms with E-state index >= 15 is 0 Å². The Morgan fingerprint density at radius 2 is 1.89 bits per heavy atom. The standard InChI is InChI=1S/C13H15ClN4.ClH/c14-12-13(18-7-3-4-9(15)8-18)17-11-6-2-1-5-10(11)16-12;/h1-2,5-6,9H,3-4,7-8,15H2;1H. The number of aromatic nitrogens is 2. The Kier molecular flexibility index (Phi) is 4.45. The highest BCUT2D eigenvalue weighted by Gasteiger charge is 2.21. The molecule has 19 heavy (non-hydrogen) atoms. The van der Waals surface area contributed by atoms with E-state index in [9.17, 15) is 0 Å². The Morgan fingerprint density at radius 1 is 1.21 bits per heavy atom. The van der Waals surface area contributed by atoms with Gasteiger partial charge in [0.05, 0.1) is 11.0 Å². The summed E-state index contributed by atoms with van der Waals surface area (Å²) < 4.78 is 0. The first-order chi connectivity index (χ1) is 8.74. The minimum absolute atomic E-state index is 0. The average molecular weight is 299 g/mol. The second-order valence-electron chi connectivity index (χ2n) is 4.68. The van der Waals surface area contributed by atoms with Gasteiger partial charge in [0.1, 0.15) is 0 Å². The fourth-order valence-electron chi connectivity index (χ4n) is 2.37. The largest absolute Gasteiger partial charge is 0.352 e. The SMILES string of the molecule is Cl.NC1CCCN(c2nc3ccccc3nc2Cl)C1. The molecule has 0 bridgehead atoms. The van der Waals surface area contributed by atoms with Gasteiger partial charge in [-0.05, 0) is 25.0 Å². The summed E-state index contributed by atoms with van der Waals surface area (Å²) in [6.45, 7) is 1.74. The van der Waals surface area contributed by atoms with Gasteiger partial charge in [-0.2, -0.15) is 0 Å². The van der Waals surface area contributed by atoms with E-state index in [1.54, 1.807) is 0 Å². The molecule has 1 unspecified atom stereocenters. The summed E-state index contributed by atoms with van der Waals surface area (Å²) in [7, 11) is 0. The molecule has 1 aromatic carbocycles. The first kappa shape index (κ1) is 14.3. The molecule has 2 aromatic rings. The Bertz CT molecular complexity index is 576. The maximum absolute atomic E-state index is 6.23. The Balaban J connectivity index is 0.00000133. The maximum Gasteiger partial charge on any atom is 0.172 e. The minimum Gasteiger partial charge on any atom is -0.352 e. The van der Waals surface area contributed by atoms with E-state index in [-0.39, 0.29) is 18.4 Å². The van der Waals surface area contributed by atoms with Crippen LogP contribution in [0.2, 0.25) is 5.15 Å². The zero-order valence-corrected chi connectivity index (χ0v) is 12.0. The third-order valence-electron chi connectivity index (χ3n) is 3.27. The normalized spacial score (nSPS) is 19.3. The van der Waals surface area contributed by atoms with Crippen molar-refractivity contribution in [2.24, 2.45) is 5.73 Å². The van der Waals surface area contributed by atoms with Crippen molar-refractivity contribution in [2.45, 2.75) is 18.9 Å². The van der Waals surface area contributed by atoms with Gasteiger partial charge in [0.2, 0.25) is 0 Å². The molecule has 1 fully saturated rings. The fraction of sp³-hybridized carbons (Fsp3) is 0.385. The second-order valence-corrected chi connectivity index (χ2v) is 5.03. The summed E-state index contributed by atoms with van der Waals surface area (Å²) in [5, 5.41) is 0.461. The molecule has 0 radical (unpaired) electrons. The van der Waals surface area contributed by atoms with Crippen molar-refractivity contribution in [1.29, 1.82) is 0 Å². The van der Waals surface area contributed by atoms with Gasteiger partial charge in [0.15, 0.2) is 11.0 Å². The number of fused-ring (bicyclic) bond motifs is 1. The highest BCUT2D eigenvalue weighted by Crippen LogP contribution is 2.26. The molecule has 0 amide bonds. The van der Waals surface area contributed by atoms with Crippen molar-refractivity contribution >= 4 is 40.9 Å². The molecular formula is C13H16Cl2N4. The van der Waals surface area contributed by atoms with Crippen molar-refractivity contribution in [1.82, 2.24) is 9.97 Å². The van der Waals surface area contributed by atoms with Crippen molar-refractivity contribution in [2.75, 3.05) is 18.0 Å². The molecule has 1 saturated heterocycles. The molecular weight excluding hydrogens is 283 g/mol. The maximum atomic E-state index is 6.23. The average Bonchev–Trinajstić information content (AvgIpc) is 2.38. The van der Waals surface area contributed by atoms with Crippen molar-refractivity contribution in [3.8, 4) is 0 Å². The number of hydrogen-bond acceptors (Lipinski definition) is 4. The van der Waals surface area contributed by atoms with E-state index in [4.69, 9.17) is 17.3 Å². The molecule has 3 rings (SSSR count). The highest BCUT2D eigenvalue weighted by molar-refractivity contribution is 6.32. The molecule has 1 atom stereocenters. The van der Waals surface area contributed by atoms with Crippen LogP contribution in [0, 0.1) is 0 Å². The zero-order chi connectivity index (χ0) is 12.5. The number of nitrogens with two attached hydrogens (primary N) is 1. The lowest BCUT2D eigenvalue weighted by Gasteiger charge is -2.31. The molecule has 0 saturated carbocycles.